The third kappa shape index (κ3) is 2.28. The second-order valence-corrected chi connectivity index (χ2v) is 4.23. The Balaban J connectivity index is 3.16. The number of hydrogen-bond acceptors (Lipinski definition) is 2. The molecule has 0 radical (unpaired) electrons. The van der Waals surface area contributed by atoms with E-state index in [-0.39, 0.29) is 4.90 Å². The summed E-state index contributed by atoms with van der Waals surface area (Å²) in [5.74, 6) is 0. The molecule has 0 aliphatic rings. The summed E-state index contributed by atoms with van der Waals surface area (Å²) in [5.41, 5.74) is 9.08. The fourth-order valence-corrected chi connectivity index (χ4v) is 1.66. The molecule has 0 N–H and O–H groups in total. The third-order valence-corrected chi connectivity index (χ3v) is 2.93. The van der Waals surface area contributed by atoms with Gasteiger partial charge >= 0.3 is 0 Å². The first-order valence-electron chi connectivity index (χ1n) is 4.00. The monoisotopic (exact) mass is 209 g/mol. The molecule has 1 aromatic rings. The normalized spacial score (nSPS) is 10.6. The highest BCUT2D eigenvalue weighted by Crippen LogP contribution is 2.13. The number of rotatable bonds is 3. The Kier molecular flexibility index (Phi) is 3.16. The first-order chi connectivity index (χ1) is 6.60. The van der Waals surface area contributed by atoms with Gasteiger partial charge in [-0.2, -0.15) is 0 Å². The van der Waals surface area contributed by atoms with E-state index < -0.39 is 10.0 Å². The molecule has 0 aromatic heterocycles. The molecule has 0 spiro atoms. The molecule has 0 bridgehead atoms. The summed E-state index contributed by atoms with van der Waals surface area (Å²) in [6, 6.07) is 6.26. The van der Waals surface area contributed by atoms with Crippen molar-refractivity contribution >= 4 is 17.9 Å². The van der Waals surface area contributed by atoms with Crippen molar-refractivity contribution in [1.82, 2.24) is 0 Å². The van der Waals surface area contributed by atoms with Crippen LogP contribution in [0.15, 0.2) is 33.7 Å². The van der Waals surface area contributed by atoms with E-state index in [2.05, 4.69) is 9.43 Å². The van der Waals surface area contributed by atoms with Crippen LogP contribution in [0.5, 0.6) is 0 Å². The van der Waals surface area contributed by atoms with Crippen LogP contribution in [0, 0.1) is 0 Å². The molecule has 1 aromatic carbocycles. The van der Waals surface area contributed by atoms with E-state index in [0.717, 1.165) is 11.9 Å². The minimum absolute atomic E-state index is 0.0208. The average molecular weight is 209 g/mol. The second-order valence-electron chi connectivity index (χ2n) is 2.64. The van der Waals surface area contributed by atoms with Gasteiger partial charge in [0.25, 0.3) is 10.0 Å². The smallest absolute Gasteiger partial charge is 0.216 e. The minimum Gasteiger partial charge on any atom is -0.216 e. The summed E-state index contributed by atoms with van der Waals surface area (Å²) in [7, 11) is -1.86. The van der Waals surface area contributed by atoms with E-state index in [0.29, 0.717) is 0 Å². The number of nitrogens with zero attached hydrogens (tertiary/aromatic N) is 3. The molecule has 0 amide bonds. The third-order valence-electron chi connectivity index (χ3n) is 1.77. The van der Waals surface area contributed by atoms with Gasteiger partial charge < -0.3 is 0 Å². The summed E-state index contributed by atoms with van der Waals surface area (Å²) in [4.78, 5) is 2.28. The van der Waals surface area contributed by atoms with Crippen LogP contribution in [0.4, 0.5) is 0 Å². The Hall–Kier alpha value is -1.46. The lowest BCUT2D eigenvalue weighted by Gasteiger charge is -1.98. The van der Waals surface area contributed by atoms with Crippen molar-refractivity contribution in [2.75, 3.05) is 0 Å². The van der Waals surface area contributed by atoms with Crippen LogP contribution in [0.1, 0.15) is 5.56 Å². The molecule has 0 saturated carbocycles. The molecule has 0 atom stereocenters. The van der Waals surface area contributed by atoms with Crippen molar-refractivity contribution < 1.29 is 8.42 Å². The Labute approximate surface area is 82.8 Å². The van der Waals surface area contributed by atoms with Crippen molar-refractivity contribution in [3.05, 3.63) is 40.3 Å². The van der Waals surface area contributed by atoms with E-state index in [1.807, 2.05) is 7.85 Å². The van der Waals surface area contributed by atoms with Crippen LogP contribution in [0.2, 0.25) is 0 Å². The van der Waals surface area contributed by atoms with Gasteiger partial charge in [-0.25, -0.2) is 8.42 Å². The van der Waals surface area contributed by atoms with E-state index in [4.69, 9.17) is 5.53 Å². The SMILES string of the molecule is BCc1ccc(S(=O)(=O)N=[N+]=[N-])cc1. The highest BCUT2D eigenvalue weighted by molar-refractivity contribution is 7.90. The summed E-state index contributed by atoms with van der Waals surface area (Å²) in [6.45, 7) is 0. The van der Waals surface area contributed by atoms with Gasteiger partial charge in [-0.15, -0.1) is 0 Å². The Morgan fingerprint density at radius 3 is 2.36 bits per heavy atom. The van der Waals surface area contributed by atoms with Gasteiger partial charge in [0.15, 0.2) is 0 Å². The fourth-order valence-electron chi connectivity index (χ4n) is 0.992. The zero-order valence-corrected chi connectivity index (χ0v) is 8.40. The van der Waals surface area contributed by atoms with Gasteiger partial charge in [-0.3, -0.25) is 0 Å². The van der Waals surface area contributed by atoms with Crippen molar-refractivity contribution in [1.29, 1.82) is 0 Å². The van der Waals surface area contributed by atoms with Gasteiger partial charge in [0.2, 0.25) is 0 Å². The first-order valence-corrected chi connectivity index (χ1v) is 5.44. The molecule has 0 fully saturated rings. The number of benzene rings is 1. The predicted molar refractivity (Wildman–Crippen MR) is 55.0 cm³/mol. The summed E-state index contributed by atoms with van der Waals surface area (Å²) < 4.78 is 25.2. The molecule has 1 rings (SSSR count). The van der Waals surface area contributed by atoms with E-state index >= 15 is 0 Å². The van der Waals surface area contributed by atoms with Gasteiger partial charge in [-0.05, 0) is 17.7 Å². The Bertz CT molecular complexity index is 462. The van der Waals surface area contributed by atoms with Crippen LogP contribution in [-0.2, 0) is 16.3 Å². The number of azide groups is 1. The molecular formula is C7H8BN3O2S. The molecule has 0 aliphatic carbocycles. The first kappa shape index (κ1) is 10.6. The lowest BCUT2D eigenvalue weighted by molar-refractivity contribution is 0.597. The highest BCUT2D eigenvalue weighted by Gasteiger charge is 2.10. The molecule has 0 heterocycles. The molecular weight excluding hydrogens is 201 g/mol. The summed E-state index contributed by atoms with van der Waals surface area (Å²) in [6.07, 6.45) is 0.835. The Morgan fingerprint density at radius 2 is 1.93 bits per heavy atom. The summed E-state index contributed by atoms with van der Waals surface area (Å²) >= 11 is 0. The number of sulfonamides is 1. The zero-order valence-electron chi connectivity index (χ0n) is 7.58. The van der Waals surface area contributed by atoms with Crippen LogP contribution < -0.4 is 0 Å². The molecule has 72 valence electrons. The average Bonchev–Trinajstić information content (AvgIpc) is 2.18. The highest BCUT2D eigenvalue weighted by atomic mass is 32.2. The molecule has 0 unspecified atom stereocenters. The van der Waals surface area contributed by atoms with Crippen molar-refractivity contribution in [2.24, 2.45) is 4.52 Å². The van der Waals surface area contributed by atoms with Crippen LogP contribution >= 0.6 is 0 Å². The quantitative estimate of drug-likeness (QED) is 0.319. The maximum absolute atomic E-state index is 11.2. The van der Waals surface area contributed by atoms with Crippen LogP contribution in [0.3, 0.4) is 0 Å². The van der Waals surface area contributed by atoms with Crippen LogP contribution in [0.25, 0.3) is 10.4 Å². The van der Waals surface area contributed by atoms with Gasteiger partial charge in [0.05, 0.1) is 4.90 Å². The van der Waals surface area contributed by atoms with Crippen molar-refractivity contribution in [3.63, 3.8) is 0 Å². The predicted octanol–water partition coefficient (Wildman–Crippen LogP) is 0.819. The lowest BCUT2D eigenvalue weighted by atomic mass is 9.97. The zero-order chi connectivity index (χ0) is 10.6. The van der Waals surface area contributed by atoms with Gasteiger partial charge in [-0.1, -0.05) is 24.0 Å². The molecule has 0 saturated heterocycles. The Morgan fingerprint density at radius 1 is 1.36 bits per heavy atom. The minimum atomic E-state index is -3.83. The molecule has 0 aliphatic heterocycles. The lowest BCUT2D eigenvalue weighted by Crippen LogP contribution is -1.95. The van der Waals surface area contributed by atoms with Crippen molar-refractivity contribution in [2.45, 2.75) is 11.2 Å². The molecule has 14 heavy (non-hydrogen) atoms. The van der Waals surface area contributed by atoms with Gasteiger partial charge in [0, 0.05) is 9.43 Å². The molecule has 7 heteroatoms. The van der Waals surface area contributed by atoms with Gasteiger partial charge in [0.1, 0.15) is 7.85 Å². The van der Waals surface area contributed by atoms with Crippen LogP contribution in [-0.4, -0.2) is 16.3 Å². The largest absolute Gasteiger partial charge is 0.264 e. The maximum Gasteiger partial charge on any atom is 0.264 e. The topological polar surface area (TPSA) is 82.9 Å². The van der Waals surface area contributed by atoms with E-state index in [1.54, 1.807) is 12.1 Å². The maximum atomic E-state index is 11.2. The molecule has 5 nitrogen and oxygen atoms in total. The summed E-state index contributed by atoms with van der Waals surface area (Å²) in [5, 5.41) is 0. The standard InChI is InChI=1S/C7H8BN3O2S/c8-5-6-1-3-7(4-2-6)14(12,13)11-10-9/h1-4H,5,8H2. The van der Waals surface area contributed by atoms with E-state index in [1.165, 1.54) is 12.1 Å². The second kappa shape index (κ2) is 4.17. The fraction of sp³-hybridized carbons (Fsp3) is 0.143. The van der Waals surface area contributed by atoms with E-state index in [9.17, 15) is 8.42 Å². The van der Waals surface area contributed by atoms with Crippen molar-refractivity contribution in [3.8, 4) is 0 Å². The number of hydrogen-bond donors (Lipinski definition) is 0.